The van der Waals surface area contributed by atoms with Gasteiger partial charge in [-0.1, -0.05) is 18.1 Å². The molecule has 7 nitrogen and oxygen atoms in total. The number of nitrogens with zero attached hydrogens (tertiary/aromatic N) is 1. The van der Waals surface area contributed by atoms with E-state index in [9.17, 15) is 19.2 Å². The van der Waals surface area contributed by atoms with Crippen LogP contribution in [0, 0.1) is 36.0 Å². The van der Waals surface area contributed by atoms with Crippen molar-refractivity contribution in [1.82, 2.24) is 4.90 Å². The Morgan fingerprint density at radius 1 is 1.08 bits per heavy atom. The number of amides is 2. The molecule has 130 valence electrons. The molecule has 0 N–H and O–H groups in total. The Kier molecular flexibility index (Phi) is 4.70. The van der Waals surface area contributed by atoms with E-state index < -0.39 is 35.6 Å². The van der Waals surface area contributed by atoms with Crippen molar-refractivity contribution in [3.8, 4) is 12.3 Å². The zero-order chi connectivity index (χ0) is 18.0. The predicted octanol–water partition coefficient (Wildman–Crippen LogP) is 0.0693. The van der Waals surface area contributed by atoms with Crippen LogP contribution in [0.25, 0.3) is 0 Å². The van der Waals surface area contributed by atoms with Crippen LogP contribution in [-0.2, 0) is 28.7 Å². The Morgan fingerprint density at radius 3 is 2.20 bits per heavy atom. The van der Waals surface area contributed by atoms with Crippen molar-refractivity contribution in [1.29, 1.82) is 0 Å². The molecule has 1 heterocycles. The SMILES string of the molecule is C#CCOC(=O)[C@H]1[C@@H](C(=O)OCCN2C(=O)C=CC2=O)[C@H]2C=C[C@@H]1C2. The predicted molar refractivity (Wildman–Crippen MR) is 84.3 cm³/mol. The largest absolute Gasteiger partial charge is 0.464 e. The summed E-state index contributed by atoms with van der Waals surface area (Å²) in [4.78, 5) is 48.6. The number of carbonyl (C=O) groups excluding carboxylic acids is 4. The second kappa shape index (κ2) is 6.93. The highest BCUT2D eigenvalue weighted by Crippen LogP contribution is 2.49. The number of hydrogen-bond donors (Lipinski definition) is 0. The molecule has 1 fully saturated rings. The zero-order valence-corrected chi connectivity index (χ0v) is 13.4. The number of terminal acetylenes is 1. The Bertz CT molecular complexity index is 698. The minimum absolute atomic E-state index is 0.0146. The molecule has 0 aromatic carbocycles. The standard InChI is InChI=1S/C18H17NO6/c1-2-8-24-17(22)15-11-3-4-12(10-11)16(15)18(23)25-9-7-19-13(20)5-6-14(19)21/h1,3-6,11-12,15-16H,7-10H2/t11-,12+,15-,16+/m1/s1. The van der Waals surface area contributed by atoms with E-state index in [0.29, 0.717) is 6.42 Å². The number of ether oxygens (including phenoxy) is 2. The van der Waals surface area contributed by atoms with Gasteiger partial charge in [0.1, 0.15) is 6.61 Å². The average molecular weight is 343 g/mol. The molecule has 0 saturated heterocycles. The molecule has 0 aromatic heterocycles. The summed E-state index contributed by atoms with van der Waals surface area (Å²) in [5.74, 6) is -1.00. The van der Waals surface area contributed by atoms with E-state index in [2.05, 4.69) is 5.92 Å². The average Bonchev–Trinajstić information content (AvgIpc) is 3.29. The van der Waals surface area contributed by atoms with Crippen LogP contribution in [0.15, 0.2) is 24.3 Å². The lowest BCUT2D eigenvalue weighted by Gasteiger charge is -2.25. The molecule has 0 unspecified atom stereocenters. The smallest absolute Gasteiger partial charge is 0.311 e. The number of hydrogen-bond acceptors (Lipinski definition) is 6. The number of carbonyl (C=O) groups is 4. The fourth-order valence-electron chi connectivity index (χ4n) is 3.66. The third kappa shape index (κ3) is 3.20. The van der Waals surface area contributed by atoms with Crippen LogP contribution in [0.5, 0.6) is 0 Å². The first-order chi connectivity index (χ1) is 12.0. The summed E-state index contributed by atoms with van der Waals surface area (Å²) in [6, 6.07) is 0. The van der Waals surface area contributed by atoms with E-state index in [4.69, 9.17) is 15.9 Å². The molecule has 0 spiro atoms. The van der Waals surface area contributed by atoms with Gasteiger partial charge in [-0.2, -0.15) is 0 Å². The van der Waals surface area contributed by atoms with Crippen LogP contribution >= 0.6 is 0 Å². The lowest BCUT2D eigenvalue weighted by molar-refractivity contribution is -0.161. The van der Waals surface area contributed by atoms with Crippen LogP contribution < -0.4 is 0 Å². The van der Waals surface area contributed by atoms with Crippen molar-refractivity contribution in [2.75, 3.05) is 19.8 Å². The number of allylic oxidation sites excluding steroid dienone is 2. The van der Waals surface area contributed by atoms with Crippen molar-refractivity contribution >= 4 is 23.8 Å². The number of esters is 2. The summed E-state index contributed by atoms with van der Waals surface area (Å²) >= 11 is 0. The number of imide groups is 1. The van der Waals surface area contributed by atoms with Crippen molar-refractivity contribution in [3.63, 3.8) is 0 Å². The maximum atomic E-state index is 12.5. The van der Waals surface area contributed by atoms with Gasteiger partial charge >= 0.3 is 11.9 Å². The Labute approximate surface area is 144 Å². The molecular weight excluding hydrogens is 326 g/mol. The molecule has 3 rings (SSSR count). The van der Waals surface area contributed by atoms with Gasteiger partial charge in [-0.15, -0.1) is 6.42 Å². The first-order valence-corrected chi connectivity index (χ1v) is 8.01. The molecule has 3 aliphatic rings. The van der Waals surface area contributed by atoms with Gasteiger partial charge in [0.2, 0.25) is 0 Å². The van der Waals surface area contributed by atoms with Gasteiger partial charge in [0, 0.05) is 12.2 Å². The van der Waals surface area contributed by atoms with E-state index in [1.165, 1.54) is 12.2 Å². The molecule has 2 aliphatic carbocycles. The van der Waals surface area contributed by atoms with Gasteiger partial charge < -0.3 is 9.47 Å². The van der Waals surface area contributed by atoms with E-state index in [1.54, 1.807) is 0 Å². The van der Waals surface area contributed by atoms with Crippen molar-refractivity contribution in [3.05, 3.63) is 24.3 Å². The van der Waals surface area contributed by atoms with Gasteiger partial charge in [0.05, 0.1) is 18.4 Å². The summed E-state index contributed by atoms with van der Waals surface area (Å²) in [5.41, 5.74) is 0. The molecule has 25 heavy (non-hydrogen) atoms. The van der Waals surface area contributed by atoms with Crippen LogP contribution in [0.2, 0.25) is 0 Å². The quantitative estimate of drug-likeness (QED) is 0.293. The summed E-state index contributed by atoms with van der Waals surface area (Å²) in [7, 11) is 0. The minimum Gasteiger partial charge on any atom is -0.464 e. The van der Waals surface area contributed by atoms with Crippen LogP contribution in [0.3, 0.4) is 0 Å². The lowest BCUT2D eigenvalue weighted by Crippen LogP contribution is -2.37. The summed E-state index contributed by atoms with van der Waals surface area (Å²) in [6.07, 6.45) is 12.0. The van der Waals surface area contributed by atoms with Gasteiger partial charge in [0.25, 0.3) is 11.8 Å². The molecule has 1 saturated carbocycles. The Morgan fingerprint density at radius 2 is 1.64 bits per heavy atom. The molecule has 0 radical (unpaired) electrons. The highest BCUT2D eigenvalue weighted by atomic mass is 16.5. The van der Waals surface area contributed by atoms with Gasteiger partial charge in [-0.3, -0.25) is 24.1 Å². The number of fused-ring (bicyclic) bond motifs is 2. The second-order valence-corrected chi connectivity index (χ2v) is 6.14. The van der Waals surface area contributed by atoms with Gasteiger partial charge in [-0.25, -0.2) is 0 Å². The van der Waals surface area contributed by atoms with E-state index in [0.717, 1.165) is 4.90 Å². The lowest BCUT2D eigenvalue weighted by atomic mass is 9.83. The fraction of sp³-hybridized carbons (Fsp3) is 0.444. The normalized spacial score (nSPS) is 29.2. The third-order valence-electron chi connectivity index (χ3n) is 4.76. The Hall–Kier alpha value is -2.88. The maximum absolute atomic E-state index is 12.5. The first-order valence-electron chi connectivity index (χ1n) is 8.01. The van der Waals surface area contributed by atoms with Crippen LogP contribution in [0.1, 0.15) is 6.42 Å². The van der Waals surface area contributed by atoms with E-state index in [-0.39, 0.29) is 31.6 Å². The topological polar surface area (TPSA) is 90.0 Å². The van der Waals surface area contributed by atoms with E-state index >= 15 is 0 Å². The summed E-state index contributed by atoms with van der Waals surface area (Å²) < 4.78 is 10.2. The molecule has 2 amide bonds. The summed E-state index contributed by atoms with van der Waals surface area (Å²) in [5, 5.41) is 0. The highest BCUT2D eigenvalue weighted by molar-refractivity contribution is 6.12. The monoisotopic (exact) mass is 343 g/mol. The van der Waals surface area contributed by atoms with Crippen molar-refractivity contribution in [2.45, 2.75) is 6.42 Å². The molecule has 2 bridgehead atoms. The zero-order valence-electron chi connectivity index (χ0n) is 13.4. The molecular formula is C18H17NO6. The van der Waals surface area contributed by atoms with E-state index in [1.807, 2.05) is 12.2 Å². The minimum atomic E-state index is -0.622. The highest BCUT2D eigenvalue weighted by Gasteiger charge is 2.53. The Balaban J connectivity index is 1.57. The fourth-order valence-corrected chi connectivity index (χ4v) is 3.66. The van der Waals surface area contributed by atoms with Crippen molar-refractivity contribution in [2.24, 2.45) is 23.7 Å². The number of rotatable bonds is 6. The molecule has 1 aliphatic heterocycles. The molecule has 0 aromatic rings. The van der Waals surface area contributed by atoms with Gasteiger partial charge in [-0.05, 0) is 18.3 Å². The van der Waals surface area contributed by atoms with Crippen LogP contribution in [0.4, 0.5) is 0 Å². The van der Waals surface area contributed by atoms with Crippen molar-refractivity contribution < 1.29 is 28.7 Å². The summed E-state index contributed by atoms with van der Waals surface area (Å²) in [6.45, 7) is -0.259. The van der Waals surface area contributed by atoms with Gasteiger partial charge in [0.15, 0.2) is 6.61 Å². The molecule has 7 heteroatoms. The van der Waals surface area contributed by atoms with Crippen LogP contribution in [-0.4, -0.2) is 48.4 Å². The molecule has 4 atom stereocenters. The first kappa shape index (κ1) is 17.0. The second-order valence-electron chi connectivity index (χ2n) is 6.14. The third-order valence-corrected chi connectivity index (χ3v) is 4.76. The maximum Gasteiger partial charge on any atom is 0.311 e.